The van der Waals surface area contributed by atoms with Crippen molar-refractivity contribution >= 4 is 35.0 Å². The van der Waals surface area contributed by atoms with Crippen molar-refractivity contribution < 1.29 is 14.7 Å². The molecule has 0 atom stereocenters. The van der Waals surface area contributed by atoms with E-state index < -0.39 is 5.97 Å². The Morgan fingerprint density at radius 3 is 2.89 bits per heavy atom. The molecule has 7 heteroatoms. The third-order valence-corrected chi connectivity index (χ3v) is 4.50. The Hall–Kier alpha value is -1.08. The van der Waals surface area contributed by atoms with Crippen molar-refractivity contribution in [2.75, 3.05) is 18.8 Å². The van der Waals surface area contributed by atoms with Crippen molar-refractivity contribution in [2.24, 2.45) is 5.92 Å². The van der Waals surface area contributed by atoms with Crippen molar-refractivity contribution in [2.45, 2.75) is 12.7 Å². The van der Waals surface area contributed by atoms with Gasteiger partial charge < -0.3 is 10.0 Å². The predicted octanol–water partition coefficient (Wildman–Crippen LogP) is 1.23. The van der Waals surface area contributed by atoms with Crippen LogP contribution in [0.4, 0.5) is 0 Å². The number of carbonyl (C=O) groups excluding carboxylic acids is 1. The van der Waals surface area contributed by atoms with Gasteiger partial charge in [0.25, 0.3) is 0 Å². The number of rotatable bonds is 5. The first-order chi connectivity index (χ1) is 8.56. The van der Waals surface area contributed by atoms with Gasteiger partial charge in [0, 0.05) is 24.2 Å². The summed E-state index contributed by atoms with van der Waals surface area (Å²) in [5.74, 6) is -0.0518. The fourth-order valence-corrected chi connectivity index (χ4v) is 3.18. The summed E-state index contributed by atoms with van der Waals surface area (Å²) in [6, 6.07) is 0. The van der Waals surface area contributed by atoms with Gasteiger partial charge in [-0.15, -0.1) is 23.1 Å². The smallest absolute Gasteiger partial charge is 0.310 e. The van der Waals surface area contributed by atoms with Crippen LogP contribution < -0.4 is 0 Å². The van der Waals surface area contributed by atoms with Gasteiger partial charge in [0.1, 0.15) is 0 Å². The molecular weight excluding hydrogens is 272 g/mol. The van der Waals surface area contributed by atoms with E-state index in [9.17, 15) is 9.59 Å². The van der Waals surface area contributed by atoms with Gasteiger partial charge in [-0.3, -0.25) is 9.59 Å². The number of carboxylic acids is 1. The standard InChI is InChI=1S/C11H14N2O3S2/c1-7-12-9(5-18-7)4-17-6-10(14)13-2-8(3-13)11(15)16/h5,8H,2-4,6H2,1H3,(H,15,16). The van der Waals surface area contributed by atoms with Crippen LogP contribution in [0.2, 0.25) is 0 Å². The molecule has 0 saturated carbocycles. The minimum atomic E-state index is -0.815. The largest absolute Gasteiger partial charge is 0.481 e. The predicted molar refractivity (Wildman–Crippen MR) is 70.7 cm³/mol. The fraction of sp³-hybridized carbons (Fsp3) is 0.545. The number of carboxylic acid groups (broad SMARTS) is 1. The van der Waals surface area contributed by atoms with Crippen molar-refractivity contribution in [3.8, 4) is 0 Å². The van der Waals surface area contributed by atoms with Gasteiger partial charge in [0.15, 0.2) is 0 Å². The van der Waals surface area contributed by atoms with Crippen molar-refractivity contribution in [3.63, 3.8) is 0 Å². The van der Waals surface area contributed by atoms with Crippen LogP contribution >= 0.6 is 23.1 Å². The molecular formula is C11H14N2O3S2. The number of aromatic nitrogens is 1. The number of nitrogens with zero attached hydrogens (tertiary/aromatic N) is 2. The Morgan fingerprint density at radius 1 is 1.61 bits per heavy atom. The fourth-order valence-electron chi connectivity index (χ4n) is 1.65. The molecule has 1 aromatic heterocycles. The lowest BCUT2D eigenvalue weighted by molar-refractivity contribution is -0.151. The number of aliphatic carboxylic acids is 1. The molecule has 0 radical (unpaired) electrons. The molecule has 1 aliphatic rings. The normalized spacial score (nSPS) is 15.5. The molecule has 0 bridgehead atoms. The highest BCUT2D eigenvalue weighted by Gasteiger charge is 2.35. The monoisotopic (exact) mass is 286 g/mol. The summed E-state index contributed by atoms with van der Waals surface area (Å²) < 4.78 is 0. The number of carbonyl (C=O) groups is 2. The molecule has 98 valence electrons. The van der Waals surface area contributed by atoms with Crippen LogP contribution in [-0.2, 0) is 15.3 Å². The first kappa shape index (κ1) is 13.4. The lowest BCUT2D eigenvalue weighted by Crippen LogP contribution is -2.53. The third-order valence-electron chi connectivity index (χ3n) is 2.73. The molecule has 1 saturated heterocycles. The van der Waals surface area contributed by atoms with Crippen molar-refractivity contribution in [3.05, 3.63) is 16.1 Å². The van der Waals surface area contributed by atoms with E-state index in [1.807, 2.05) is 12.3 Å². The lowest BCUT2D eigenvalue weighted by Gasteiger charge is -2.36. The van der Waals surface area contributed by atoms with Gasteiger partial charge in [-0.2, -0.15) is 0 Å². The van der Waals surface area contributed by atoms with Crippen LogP contribution in [0.5, 0.6) is 0 Å². The first-order valence-electron chi connectivity index (χ1n) is 5.55. The average molecular weight is 286 g/mol. The van der Waals surface area contributed by atoms with E-state index in [-0.39, 0.29) is 11.8 Å². The number of aryl methyl sites for hydroxylation is 1. The summed E-state index contributed by atoms with van der Waals surface area (Å²) in [5.41, 5.74) is 1.00. The van der Waals surface area contributed by atoms with E-state index >= 15 is 0 Å². The lowest BCUT2D eigenvalue weighted by atomic mass is 10.0. The molecule has 1 aliphatic heterocycles. The number of thioether (sulfide) groups is 1. The zero-order valence-corrected chi connectivity index (χ0v) is 11.6. The number of likely N-dealkylation sites (tertiary alicyclic amines) is 1. The maximum absolute atomic E-state index is 11.7. The molecule has 0 aromatic carbocycles. The molecule has 5 nitrogen and oxygen atoms in total. The van der Waals surface area contributed by atoms with Crippen LogP contribution in [0.1, 0.15) is 10.7 Å². The molecule has 1 aromatic rings. The highest BCUT2D eigenvalue weighted by atomic mass is 32.2. The topological polar surface area (TPSA) is 70.5 Å². The summed E-state index contributed by atoms with van der Waals surface area (Å²) in [5, 5.41) is 11.7. The molecule has 1 N–H and O–H groups in total. The quantitative estimate of drug-likeness (QED) is 0.881. The molecule has 1 fully saturated rings. The minimum absolute atomic E-state index is 0.0180. The highest BCUT2D eigenvalue weighted by molar-refractivity contribution is 7.99. The molecule has 18 heavy (non-hydrogen) atoms. The Bertz CT molecular complexity index is 455. The number of amides is 1. The maximum Gasteiger partial charge on any atom is 0.310 e. The zero-order valence-electron chi connectivity index (χ0n) is 9.96. The van der Waals surface area contributed by atoms with E-state index in [1.54, 1.807) is 16.2 Å². The van der Waals surface area contributed by atoms with Gasteiger partial charge >= 0.3 is 5.97 Å². The van der Waals surface area contributed by atoms with Crippen molar-refractivity contribution in [1.29, 1.82) is 0 Å². The second kappa shape index (κ2) is 5.71. The van der Waals surface area contributed by atoms with Gasteiger partial charge in [-0.25, -0.2) is 4.98 Å². The van der Waals surface area contributed by atoms with E-state index in [2.05, 4.69) is 4.98 Å². The summed E-state index contributed by atoms with van der Waals surface area (Å²) >= 11 is 3.12. The van der Waals surface area contributed by atoms with Gasteiger partial charge in [-0.1, -0.05) is 0 Å². The first-order valence-corrected chi connectivity index (χ1v) is 7.59. The van der Waals surface area contributed by atoms with Crippen LogP contribution in [0.15, 0.2) is 5.38 Å². The summed E-state index contributed by atoms with van der Waals surface area (Å²) in [6.07, 6.45) is 0. The van der Waals surface area contributed by atoms with Gasteiger partial charge in [0.05, 0.1) is 22.4 Å². The van der Waals surface area contributed by atoms with E-state index in [0.717, 1.165) is 16.5 Å². The summed E-state index contributed by atoms with van der Waals surface area (Å²) in [7, 11) is 0. The third kappa shape index (κ3) is 3.23. The van der Waals surface area contributed by atoms with Crippen LogP contribution in [0, 0.1) is 12.8 Å². The molecule has 0 spiro atoms. The Labute approximate surface area is 113 Å². The van der Waals surface area contributed by atoms with E-state index in [0.29, 0.717) is 18.8 Å². The van der Waals surface area contributed by atoms with Gasteiger partial charge in [-0.05, 0) is 6.92 Å². The number of hydrogen-bond acceptors (Lipinski definition) is 5. The average Bonchev–Trinajstić information content (AvgIpc) is 2.61. The summed E-state index contributed by atoms with van der Waals surface area (Å²) in [6.45, 7) is 2.66. The Morgan fingerprint density at radius 2 is 2.33 bits per heavy atom. The number of hydrogen-bond donors (Lipinski definition) is 1. The van der Waals surface area contributed by atoms with Gasteiger partial charge in [0.2, 0.25) is 5.91 Å². The molecule has 0 unspecified atom stereocenters. The van der Waals surface area contributed by atoms with E-state index in [1.165, 1.54) is 11.8 Å². The van der Waals surface area contributed by atoms with Crippen molar-refractivity contribution in [1.82, 2.24) is 9.88 Å². The maximum atomic E-state index is 11.7. The second-order valence-electron chi connectivity index (χ2n) is 4.18. The molecule has 2 heterocycles. The van der Waals surface area contributed by atoms with Crippen LogP contribution in [0.25, 0.3) is 0 Å². The Balaban J connectivity index is 1.66. The highest BCUT2D eigenvalue weighted by Crippen LogP contribution is 2.19. The molecule has 2 rings (SSSR count). The molecule has 1 amide bonds. The molecule has 0 aliphatic carbocycles. The zero-order chi connectivity index (χ0) is 13.1. The Kier molecular flexibility index (Phi) is 4.23. The summed E-state index contributed by atoms with van der Waals surface area (Å²) in [4.78, 5) is 28.2. The van der Waals surface area contributed by atoms with Crippen LogP contribution in [0.3, 0.4) is 0 Å². The second-order valence-corrected chi connectivity index (χ2v) is 6.23. The van der Waals surface area contributed by atoms with E-state index in [4.69, 9.17) is 5.11 Å². The minimum Gasteiger partial charge on any atom is -0.481 e. The van der Waals surface area contributed by atoms with Crippen LogP contribution in [-0.4, -0.2) is 45.7 Å². The SMILES string of the molecule is Cc1nc(CSCC(=O)N2CC(C(=O)O)C2)cs1. The number of thiazole rings is 1.